The summed E-state index contributed by atoms with van der Waals surface area (Å²) in [6.07, 6.45) is 0. The van der Waals surface area contributed by atoms with Gasteiger partial charge in [-0.25, -0.2) is 8.42 Å². The number of benzene rings is 1. The number of rotatable bonds is 4. The van der Waals surface area contributed by atoms with Crippen LogP contribution in [0.2, 0.25) is 0 Å². The fourth-order valence-electron chi connectivity index (χ4n) is 1.33. The molecule has 0 spiro atoms. The van der Waals surface area contributed by atoms with Crippen LogP contribution in [0.15, 0.2) is 44.4 Å². The predicted molar refractivity (Wildman–Crippen MR) is 77.9 cm³/mol. The molecule has 1 heterocycles. The Morgan fingerprint density at radius 1 is 1.25 bits per heavy atom. The van der Waals surface area contributed by atoms with Crippen molar-refractivity contribution >= 4 is 43.2 Å². The van der Waals surface area contributed by atoms with Crippen LogP contribution in [0.25, 0.3) is 0 Å². The van der Waals surface area contributed by atoms with Gasteiger partial charge in [-0.3, -0.25) is 10.2 Å². The molecule has 3 N–H and O–H groups in total. The maximum Gasteiger partial charge on any atom is 0.266 e. The number of nitrogens with one attached hydrogen (secondary N) is 2. The number of sulfonamides is 1. The molecule has 0 radical (unpaired) electrons. The Bertz CT molecular complexity index is 742. The second-order valence-corrected chi connectivity index (χ2v) is 8.04. The van der Waals surface area contributed by atoms with Gasteiger partial charge in [0.2, 0.25) is 0 Å². The average Bonchev–Trinajstić information content (AvgIpc) is 2.83. The average molecular weight is 377 g/mol. The number of phenolic OH excluding ortho intramolecular Hbond substituents is 1. The molecule has 20 heavy (non-hydrogen) atoms. The van der Waals surface area contributed by atoms with Gasteiger partial charge >= 0.3 is 0 Å². The smallest absolute Gasteiger partial charge is 0.266 e. The van der Waals surface area contributed by atoms with E-state index in [-0.39, 0.29) is 15.5 Å². The highest BCUT2D eigenvalue weighted by molar-refractivity contribution is 9.11. The Morgan fingerprint density at radius 2 is 2.00 bits per heavy atom. The molecule has 0 atom stereocenters. The molecule has 0 unspecified atom stereocenters. The van der Waals surface area contributed by atoms with Crippen LogP contribution in [-0.4, -0.2) is 19.4 Å². The lowest BCUT2D eigenvalue weighted by molar-refractivity contribution is 0.0944. The molecule has 0 aliphatic rings. The van der Waals surface area contributed by atoms with Gasteiger partial charge in [0.15, 0.2) is 0 Å². The molecule has 0 aliphatic heterocycles. The fraction of sp³-hybridized carbons (Fsp3) is 0. The largest absolute Gasteiger partial charge is 0.508 e. The number of hydrogen-bond donors (Lipinski definition) is 3. The first-order valence-corrected chi connectivity index (χ1v) is 8.34. The van der Waals surface area contributed by atoms with Gasteiger partial charge in [-0.05, 0) is 46.3 Å². The van der Waals surface area contributed by atoms with E-state index < -0.39 is 15.9 Å². The minimum absolute atomic E-state index is 0.0700. The zero-order valence-corrected chi connectivity index (χ0v) is 13.0. The van der Waals surface area contributed by atoms with Crippen molar-refractivity contribution in [3.8, 4) is 5.75 Å². The molecule has 0 saturated heterocycles. The van der Waals surface area contributed by atoms with Crippen molar-refractivity contribution in [3.63, 3.8) is 0 Å². The fourth-order valence-corrected chi connectivity index (χ4v) is 4.17. The molecular weight excluding hydrogens is 368 g/mol. The molecule has 0 saturated carbocycles. The van der Waals surface area contributed by atoms with E-state index in [4.69, 9.17) is 0 Å². The monoisotopic (exact) mass is 376 g/mol. The topological polar surface area (TPSA) is 95.5 Å². The van der Waals surface area contributed by atoms with Gasteiger partial charge in [-0.2, -0.15) is 0 Å². The van der Waals surface area contributed by atoms with Gasteiger partial charge < -0.3 is 5.11 Å². The van der Waals surface area contributed by atoms with E-state index in [1.54, 1.807) is 6.07 Å². The van der Waals surface area contributed by atoms with Gasteiger partial charge in [0.05, 0.1) is 3.79 Å². The lowest BCUT2D eigenvalue weighted by Gasteiger charge is -2.07. The third kappa shape index (κ3) is 3.57. The molecule has 106 valence electrons. The lowest BCUT2D eigenvalue weighted by atomic mass is 10.2. The minimum Gasteiger partial charge on any atom is -0.508 e. The number of hydrogen-bond acceptors (Lipinski definition) is 5. The van der Waals surface area contributed by atoms with E-state index in [0.29, 0.717) is 3.79 Å². The van der Waals surface area contributed by atoms with E-state index in [0.717, 1.165) is 11.3 Å². The Morgan fingerprint density at radius 3 is 2.60 bits per heavy atom. The summed E-state index contributed by atoms with van der Waals surface area (Å²) in [5.41, 5.74) is 2.22. The quantitative estimate of drug-likeness (QED) is 0.709. The number of carbonyl (C=O) groups is 1. The minimum atomic E-state index is -3.81. The molecular formula is C11H9BrN2O4S2. The van der Waals surface area contributed by atoms with Crippen molar-refractivity contribution in [3.05, 3.63) is 45.7 Å². The van der Waals surface area contributed by atoms with Crippen LogP contribution >= 0.6 is 27.3 Å². The number of hydrazine groups is 1. The zero-order chi connectivity index (χ0) is 14.8. The molecule has 0 fully saturated rings. The third-order valence-corrected chi connectivity index (χ3v) is 5.58. The van der Waals surface area contributed by atoms with Crippen molar-refractivity contribution in [2.24, 2.45) is 0 Å². The summed E-state index contributed by atoms with van der Waals surface area (Å²) in [4.78, 5) is 13.7. The highest BCUT2D eigenvalue weighted by atomic mass is 79.9. The molecule has 0 bridgehead atoms. The molecule has 2 aromatic rings. The molecule has 2 rings (SSSR count). The van der Waals surface area contributed by atoms with Crippen LogP contribution in [-0.2, 0) is 10.0 Å². The second kappa shape index (κ2) is 5.92. The van der Waals surface area contributed by atoms with E-state index >= 15 is 0 Å². The van der Waals surface area contributed by atoms with Crippen LogP contribution in [0.4, 0.5) is 0 Å². The number of phenols is 1. The Hall–Kier alpha value is -1.42. The molecule has 1 aromatic carbocycles. The Labute approximate surface area is 127 Å². The van der Waals surface area contributed by atoms with E-state index in [1.807, 2.05) is 4.83 Å². The number of thiophene rings is 1. The highest BCUT2D eigenvalue weighted by Crippen LogP contribution is 2.25. The van der Waals surface area contributed by atoms with Gasteiger partial charge in [0, 0.05) is 5.56 Å². The SMILES string of the molecule is O=C(NNS(=O)(=O)c1ccc(Br)s1)c1cccc(O)c1. The predicted octanol–water partition coefficient (Wildman–Crippen LogP) is 1.84. The first-order valence-electron chi connectivity index (χ1n) is 5.25. The van der Waals surface area contributed by atoms with E-state index in [9.17, 15) is 18.3 Å². The van der Waals surface area contributed by atoms with Crippen molar-refractivity contribution in [1.82, 2.24) is 10.3 Å². The number of carbonyl (C=O) groups excluding carboxylic acids is 1. The third-order valence-electron chi connectivity index (χ3n) is 2.22. The van der Waals surface area contributed by atoms with Crippen LogP contribution in [0.3, 0.4) is 0 Å². The zero-order valence-electron chi connectivity index (χ0n) is 9.83. The Balaban J connectivity index is 2.07. The summed E-state index contributed by atoms with van der Waals surface area (Å²) in [6.45, 7) is 0. The number of aromatic hydroxyl groups is 1. The normalized spacial score (nSPS) is 11.2. The van der Waals surface area contributed by atoms with Crippen LogP contribution in [0.5, 0.6) is 5.75 Å². The van der Waals surface area contributed by atoms with Gasteiger partial charge in [0.25, 0.3) is 15.9 Å². The summed E-state index contributed by atoms with van der Waals surface area (Å²) in [6, 6.07) is 8.57. The first-order chi connectivity index (χ1) is 9.38. The maximum absolute atomic E-state index is 11.9. The summed E-state index contributed by atoms with van der Waals surface area (Å²) in [7, 11) is -3.81. The molecule has 6 nitrogen and oxygen atoms in total. The summed E-state index contributed by atoms with van der Waals surface area (Å²) >= 11 is 4.18. The van der Waals surface area contributed by atoms with Crippen molar-refractivity contribution in [2.45, 2.75) is 4.21 Å². The van der Waals surface area contributed by atoms with E-state index in [1.165, 1.54) is 30.3 Å². The number of amides is 1. The molecule has 1 aromatic heterocycles. The molecule has 1 amide bonds. The summed E-state index contributed by atoms with van der Waals surface area (Å²) in [5.74, 6) is -0.747. The van der Waals surface area contributed by atoms with Crippen molar-refractivity contribution in [2.75, 3.05) is 0 Å². The van der Waals surface area contributed by atoms with Gasteiger partial charge in [-0.1, -0.05) is 6.07 Å². The van der Waals surface area contributed by atoms with Crippen molar-refractivity contribution in [1.29, 1.82) is 0 Å². The molecule has 9 heteroatoms. The molecule has 0 aliphatic carbocycles. The van der Waals surface area contributed by atoms with E-state index in [2.05, 4.69) is 21.4 Å². The highest BCUT2D eigenvalue weighted by Gasteiger charge is 2.17. The van der Waals surface area contributed by atoms with Gasteiger partial charge in [0.1, 0.15) is 9.96 Å². The van der Waals surface area contributed by atoms with Crippen LogP contribution in [0, 0.1) is 0 Å². The standard InChI is InChI=1S/C11H9BrN2O4S2/c12-9-4-5-10(19-9)20(17,18)14-13-11(16)7-2-1-3-8(15)6-7/h1-6,14-15H,(H,13,16). The lowest BCUT2D eigenvalue weighted by Crippen LogP contribution is -2.41. The number of halogens is 1. The Kier molecular flexibility index (Phi) is 4.43. The maximum atomic E-state index is 11.9. The van der Waals surface area contributed by atoms with Crippen LogP contribution < -0.4 is 10.3 Å². The summed E-state index contributed by atoms with van der Waals surface area (Å²) in [5, 5.41) is 9.25. The second-order valence-electron chi connectivity index (χ2n) is 3.67. The van der Waals surface area contributed by atoms with Crippen molar-refractivity contribution < 1.29 is 18.3 Å². The summed E-state index contributed by atoms with van der Waals surface area (Å²) < 4.78 is 24.5. The first kappa shape index (κ1) is 15.0. The van der Waals surface area contributed by atoms with Gasteiger partial charge in [-0.15, -0.1) is 16.2 Å². The van der Waals surface area contributed by atoms with Crippen LogP contribution in [0.1, 0.15) is 10.4 Å².